The molecule has 3 heteroatoms. The van der Waals surface area contributed by atoms with Crippen LogP contribution in [-0.4, -0.2) is 16.5 Å². The van der Waals surface area contributed by atoms with Crippen molar-refractivity contribution in [3.63, 3.8) is 0 Å². The van der Waals surface area contributed by atoms with Gasteiger partial charge in [0.05, 0.1) is 12.7 Å². The van der Waals surface area contributed by atoms with Crippen molar-refractivity contribution < 1.29 is 15.0 Å². The van der Waals surface area contributed by atoms with Crippen LogP contribution in [0.25, 0.3) is 0 Å². The summed E-state index contributed by atoms with van der Waals surface area (Å²) in [6.07, 6.45) is 0.492. The van der Waals surface area contributed by atoms with Gasteiger partial charge < -0.3 is 10.2 Å². The van der Waals surface area contributed by atoms with Gasteiger partial charge in [-0.2, -0.15) is 0 Å². The number of rotatable bonds is 3. The minimum absolute atomic E-state index is 0. The van der Waals surface area contributed by atoms with Crippen LogP contribution in [0.4, 0.5) is 0 Å². The van der Waals surface area contributed by atoms with Crippen LogP contribution in [0.3, 0.4) is 0 Å². The van der Waals surface area contributed by atoms with Crippen LogP contribution in [-0.2, 0) is 6.61 Å². The third-order valence-corrected chi connectivity index (χ3v) is 3.24. The molecule has 3 aromatic rings. The number of carbonyl (C=O) groups is 1. The van der Waals surface area contributed by atoms with Crippen molar-refractivity contribution >= 4 is 6.29 Å². The minimum Gasteiger partial charge on any atom is -0.392 e. The van der Waals surface area contributed by atoms with Gasteiger partial charge >= 0.3 is 0 Å². The van der Waals surface area contributed by atoms with Gasteiger partial charge in [-0.3, -0.25) is 4.79 Å². The monoisotopic (exact) mass is 384 g/mol. The van der Waals surface area contributed by atoms with Gasteiger partial charge in [0.2, 0.25) is 0 Å². The molecule has 1 atom stereocenters. The lowest BCUT2D eigenvalue weighted by atomic mass is 10.1. The van der Waals surface area contributed by atoms with Crippen molar-refractivity contribution in [1.29, 1.82) is 0 Å². The van der Waals surface area contributed by atoms with E-state index in [0.717, 1.165) is 23.0 Å². The summed E-state index contributed by atoms with van der Waals surface area (Å²) in [5.41, 5.74) is 2.66. The molecule has 3 aromatic carbocycles. The highest BCUT2D eigenvalue weighted by Gasteiger charge is 1.95. The largest absolute Gasteiger partial charge is 0.392 e. The molecule has 154 valence electrons. The Hall–Kier alpha value is -2.75. The second-order valence-corrected chi connectivity index (χ2v) is 5.26. The van der Waals surface area contributed by atoms with Crippen molar-refractivity contribution in [3.8, 4) is 0 Å². The summed E-state index contributed by atoms with van der Waals surface area (Å²) in [6.45, 7) is 1.90. The zero-order valence-corrected chi connectivity index (χ0v) is 14.3. The average molecular weight is 385 g/mol. The summed E-state index contributed by atoms with van der Waals surface area (Å²) >= 11 is 0. The lowest BCUT2D eigenvalue weighted by Gasteiger charge is -2.00. The Balaban J connectivity index is -0.000000318. The number of hydrogen-bond acceptors (Lipinski definition) is 3. The lowest BCUT2D eigenvalue weighted by Crippen LogP contribution is -1.87. The highest BCUT2D eigenvalue weighted by Crippen LogP contribution is 2.09. The Kier molecular flexibility index (Phi) is 20.4. The van der Waals surface area contributed by atoms with E-state index < -0.39 is 0 Å². The van der Waals surface area contributed by atoms with Crippen molar-refractivity contribution in [1.82, 2.24) is 0 Å². The molecule has 3 rings (SSSR count). The Bertz CT molecular complexity index is 681. The maximum atomic E-state index is 10.0. The van der Waals surface area contributed by atoms with E-state index >= 15 is 0 Å². The van der Waals surface area contributed by atoms with Gasteiger partial charge in [0, 0.05) is 5.56 Å². The van der Waals surface area contributed by atoms with Crippen molar-refractivity contribution in [2.45, 2.75) is 41.9 Å². The summed E-state index contributed by atoms with van der Waals surface area (Å²) in [7, 11) is 0. The third-order valence-electron chi connectivity index (χ3n) is 3.24. The molecule has 1 unspecified atom stereocenters. The van der Waals surface area contributed by atoms with Crippen molar-refractivity contribution in [2.24, 2.45) is 0 Å². The molecule has 0 spiro atoms. The van der Waals surface area contributed by atoms with Crippen LogP contribution < -0.4 is 0 Å². The molecule has 0 aliphatic rings. The van der Waals surface area contributed by atoms with Crippen LogP contribution >= 0.6 is 0 Å². The van der Waals surface area contributed by atoms with Gasteiger partial charge in [-0.25, -0.2) is 0 Å². The Morgan fingerprint density at radius 3 is 1.39 bits per heavy atom. The molecule has 0 aliphatic heterocycles. The molecular formula is C25H36O3. The van der Waals surface area contributed by atoms with Crippen molar-refractivity contribution in [2.75, 3.05) is 0 Å². The highest BCUT2D eigenvalue weighted by atomic mass is 16.3. The smallest absolute Gasteiger partial charge is 0.150 e. The summed E-state index contributed by atoms with van der Waals surface area (Å²) < 4.78 is 0. The molecule has 0 aliphatic carbocycles. The van der Waals surface area contributed by atoms with Gasteiger partial charge in [-0.05, 0) is 18.1 Å². The number of hydrogen-bond donors (Lipinski definition) is 2. The van der Waals surface area contributed by atoms with Crippen molar-refractivity contribution in [3.05, 3.63) is 108 Å². The molecule has 0 saturated carbocycles. The fraction of sp³-hybridized carbons (Fsp3) is 0.240. The molecule has 28 heavy (non-hydrogen) atoms. The first-order valence-corrected chi connectivity index (χ1v) is 8.05. The zero-order chi connectivity index (χ0) is 18.3. The molecule has 0 amide bonds. The van der Waals surface area contributed by atoms with E-state index in [1.807, 2.05) is 78.9 Å². The molecule has 0 fully saturated rings. The van der Waals surface area contributed by atoms with Crippen LogP contribution in [0.15, 0.2) is 91.0 Å². The Labute approximate surface area is 171 Å². The molecular weight excluding hydrogens is 348 g/mol. The van der Waals surface area contributed by atoms with E-state index in [9.17, 15) is 4.79 Å². The Morgan fingerprint density at radius 2 is 1.14 bits per heavy atom. The second kappa shape index (κ2) is 19.0. The molecule has 0 aromatic heterocycles. The molecule has 2 N–H and O–H groups in total. The summed E-state index contributed by atoms with van der Waals surface area (Å²) in [4.78, 5) is 10.0. The number of aliphatic hydroxyl groups is 2. The van der Waals surface area contributed by atoms with Gasteiger partial charge in [0.1, 0.15) is 6.29 Å². The van der Waals surface area contributed by atoms with Crippen LogP contribution in [0.2, 0.25) is 0 Å². The van der Waals surface area contributed by atoms with Crippen LogP contribution in [0.5, 0.6) is 0 Å². The normalized spacial score (nSPS) is 9.25. The quantitative estimate of drug-likeness (QED) is 0.519. The zero-order valence-electron chi connectivity index (χ0n) is 14.3. The first-order chi connectivity index (χ1) is 12.2. The lowest BCUT2D eigenvalue weighted by molar-refractivity contribution is 0.112. The first kappa shape index (κ1) is 30.0. The van der Waals surface area contributed by atoms with Gasteiger partial charge in [-0.15, -0.1) is 0 Å². The van der Waals surface area contributed by atoms with Gasteiger partial charge in [0.25, 0.3) is 0 Å². The molecule has 0 saturated heterocycles. The minimum atomic E-state index is -0.341. The molecule has 0 radical (unpaired) electrons. The number of aliphatic hydroxyl groups excluding tert-OH is 2. The predicted molar refractivity (Wildman–Crippen MR) is 121 cm³/mol. The van der Waals surface area contributed by atoms with Gasteiger partial charge in [-0.1, -0.05) is 113 Å². The second-order valence-electron chi connectivity index (χ2n) is 5.26. The number of aldehydes is 1. The Morgan fingerprint density at radius 1 is 0.750 bits per heavy atom. The molecule has 3 nitrogen and oxygen atoms in total. The number of carbonyl (C=O) groups excluding carboxylic acids is 1. The highest BCUT2D eigenvalue weighted by molar-refractivity contribution is 5.74. The molecule has 0 heterocycles. The third kappa shape index (κ3) is 13.5. The predicted octanol–water partition coefficient (Wildman–Crippen LogP) is 6.33. The standard InChI is InChI=1S/C8H10O.C7H8O.C7H6O.3CH4/c1-7(9)8-5-3-2-4-6-8;2*8-6-7-4-2-1-3-5-7;;;/h2-7,9H,1H3;1-5,8H,6H2;1-6H;3*1H4. The molecule has 0 bridgehead atoms. The fourth-order valence-electron chi connectivity index (χ4n) is 1.85. The van der Waals surface area contributed by atoms with E-state index in [1.54, 1.807) is 19.1 Å². The number of benzene rings is 3. The van der Waals surface area contributed by atoms with E-state index in [1.165, 1.54) is 0 Å². The SMILES string of the molecule is C.C.C.CC(O)c1ccccc1.O=Cc1ccccc1.OCc1ccccc1. The van der Waals surface area contributed by atoms with Crippen LogP contribution in [0, 0.1) is 0 Å². The topological polar surface area (TPSA) is 57.5 Å². The fourth-order valence-corrected chi connectivity index (χ4v) is 1.85. The summed E-state index contributed by atoms with van der Waals surface area (Å²) in [6, 6.07) is 28.2. The maximum absolute atomic E-state index is 10.0. The van der Waals surface area contributed by atoms with E-state index in [-0.39, 0.29) is 35.0 Å². The van der Waals surface area contributed by atoms with Crippen LogP contribution in [0.1, 0.15) is 56.8 Å². The maximum Gasteiger partial charge on any atom is 0.150 e. The van der Waals surface area contributed by atoms with Gasteiger partial charge in [0.15, 0.2) is 0 Å². The first-order valence-electron chi connectivity index (χ1n) is 8.05. The summed E-state index contributed by atoms with van der Waals surface area (Å²) in [5.74, 6) is 0. The van der Waals surface area contributed by atoms with E-state index in [2.05, 4.69) is 0 Å². The van der Waals surface area contributed by atoms with E-state index in [4.69, 9.17) is 10.2 Å². The van der Waals surface area contributed by atoms with E-state index in [0.29, 0.717) is 0 Å². The summed E-state index contributed by atoms with van der Waals surface area (Å²) in [5, 5.41) is 17.6. The average Bonchev–Trinajstić information content (AvgIpc) is 2.71.